The zero-order valence-corrected chi connectivity index (χ0v) is 23.3. The Labute approximate surface area is 244 Å². The molecule has 2 saturated heterocycles. The van der Waals surface area contributed by atoms with Crippen LogP contribution in [0.15, 0.2) is 59.1 Å². The molecule has 2 unspecified atom stereocenters. The second-order valence-corrected chi connectivity index (χ2v) is 11.4. The summed E-state index contributed by atoms with van der Waals surface area (Å²) in [5, 5.41) is 17.8. The fourth-order valence-corrected chi connectivity index (χ4v) is 6.41. The van der Waals surface area contributed by atoms with Crippen molar-refractivity contribution in [2.45, 2.75) is 69.2 Å². The summed E-state index contributed by atoms with van der Waals surface area (Å²) in [6, 6.07) is 16.1. The molecule has 12 heteroatoms. The number of aryl methyl sites for hydroxylation is 1. The van der Waals surface area contributed by atoms with Gasteiger partial charge in [-0.2, -0.15) is 5.10 Å². The zero-order valence-electron chi connectivity index (χ0n) is 23.3. The molecule has 2 saturated carbocycles. The summed E-state index contributed by atoms with van der Waals surface area (Å²) in [6.45, 7) is 0.201. The largest absolute Gasteiger partial charge is 0.573 e. The van der Waals surface area contributed by atoms with Crippen molar-refractivity contribution in [1.82, 2.24) is 14.9 Å². The van der Waals surface area contributed by atoms with Gasteiger partial charge in [-0.25, -0.2) is 4.79 Å². The molecule has 0 spiro atoms. The molecular weight excluding hydrogens is 565 g/mol. The van der Waals surface area contributed by atoms with E-state index in [2.05, 4.69) is 19.9 Å². The van der Waals surface area contributed by atoms with Crippen molar-refractivity contribution < 1.29 is 37.1 Å². The van der Waals surface area contributed by atoms with E-state index < -0.39 is 12.3 Å². The highest BCUT2D eigenvalue weighted by Gasteiger charge is 2.46. The summed E-state index contributed by atoms with van der Waals surface area (Å²) in [5.41, 5.74) is 3.91. The third kappa shape index (κ3) is 5.35. The maximum atomic E-state index is 13.1. The van der Waals surface area contributed by atoms with Crippen LogP contribution >= 0.6 is 0 Å². The van der Waals surface area contributed by atoms with E-state index in [1.807, 2.05) is 24.3 Å². The minimum absolute atomic E-state index is 0.00120. The van der Waals surface area contributed by atoms with Gasteiger partial charge in [-0.15, -0.1) is 13.2 Å². The number of halogens is 3. The number of hydrogen-bond acceptors (Lipinski definition) is 7. The molecule has 224 valence electrons. The van der Waals surface area contributed by atoms with Gasteiger partial charge in [0.25, 0.3) is 0 Å². The molecule has 4 heterocycles. The quantitative estimate of drug-likeness (QED) is 0.233. The highest BCUT2D eigenvalue weighted by atomic mass is 19.4. The number of para-hydroxylation sites is 1. The lowest BCUT2D eigenvalue weighted by atomic mass is 9.77. The van der Waals surface area contributed by atoms with Crippen LogP contribution in [0.5, 0.6) is 5.75 Å². The first-order chi connectivity index (χ1) is 20.6. The topological polar surface area (TPSA) is 103 Å². The summed E-state index contributed by atoms with van der Waals surface area (Å²) < 4.78 is 57.0. The minimum Gasteiger partial charge on any atom is -0.477 e. The third-order valence-electron chi connectivity index (χ3n) is 8.56. The molecule has 2 aromatic carbocycles. The summed E-state index contributed by atoms with van der Waals surface area (Å²) in [4.78, 5) is 13.8. The normalized spacial score (nSPS) is 21.5. The Bertz CT molecular complexity index is 1650. The lowest BCUT2D eigenvalue weighted by molar-refractivity contribution is -0.274. The van der Waals surface area contributed by atoms with Crippen molar-refractivity contribution in [1.29, 1.82) is 0 Å². The Balaban J connectivity index is 1.03. The molecule has 4 aliphatic rings. The van der Waals surface area contributed by atoms with Gasteiger partial charge in [-0.3, -0.25) is 4.68 Å². The van der Waals surface area contributed by atoms with Gasteiger partial charge in [-0.05, 0) is 62.4 Å². The second kappa shape index (κ2) is 10.4. The maximum absolute atomic E-state index is 13.1. The second-order valence-electron chi connectivity index (χ2n) is 11.4. The van der Waals surface area contributed by atoms with Gasteiger partial charge in [0.2, 0.25) is 0 Å². The number of nitrogens with zero attached hydrogens (tertiary/aromatic N) is 4. The van der Waals surface area contributed by atoms with Crippen molar-refractivity contribution in [3.05, 3.63) is 71.6 Å². The molecule has 1 N–H and O–H groups in total. The number of aromatic carboxylic acids is 1. The number of hydrogen-bond donors (Lipinski definition) is 1. The van der Waals surface area contributed by atoms with Crippen molar-refractivity contribution in [2.75, 3.05) is 4.90 Å². The average Bonchev–Trinajstić information content (AvgIpc) is 3.60. The Kier molecular flexibility index (Phi) is 6.68. The van der Waals surface area contributed by atoms with E-state index in [-0.39, 0.29) is 35.6 Å². The van der Waals surface area contributed by atoms with E-state index in [0.29, 0.717) is 34.8 Å². The first-order valence-corrected chi connectivity index (χ1v) is 14.3. The number of aromatic nitrogens is 3. The third-order valence-corrected chi connectivity index (χ3v) is 8.56. The van der Waals surface area contributed by atoms with E-state index in [1.54, 1.807) is 25.2 Å². The Hall–Kier alpha value is -4.32. The van der Waals surface area contributed by atoms with Gasteiger partial charge >= 0.3 is 12.3 Å². The Morgan fingerprint density at radius 1 is 1.07 bits per heavy atom. The molecule has 9 nitrogen and oxygen atoms in total. The first-order valence-electron chi connectivity index (χ1n) is 14.3. The van der Waals surface area contributed by atoms with Crippen LogP contribution in [-0.2, 0) is 18.4 Å². The molecule has 2 aliphatic heterocycles. The molecule has 4 aromatic rings. The number of carboxylic acids is 1. The number of ether oxygens (including phenoxy) is 2. The number of carbonyl (C=O) groups is 1. The highest BCUT2D eigenvalue weighted by Crippen LogP contribution is 2.47. The number of benzene rings is 2. The van der Waals surface area contributed by atoms with Crippen LogP contribution in [-0.4, -0.2) is 50.6 Å². The van der Waals surface area contributed by atoms with Crippen LogP contribution in [0.4, 0.5) is 18.9 Å². The first kappa shape index (κ1) is 27.5. The number of carboxylic acid groups (broad SMARTS) is 1. The predicted octanol–water partition coefficient (Wildman–Crippen LogP) is 6.54. The standard InChI is InChI=1S/C31H29F3N4O5/c1-37-26(30(39)40)15-25(35-37)17-8-10-19(11-9-17)38-20-12-21(38)14-22(13-20)41-16-24-28(36-43-29(24)18-6-7-18)23-4-2-3-5-27(23)42-31(32,33)34/h2-5,8-11,15,18,20-22H,6-7,12-14,16H2,1H3,(H,39,40)/t20-,21?,22?/m1/s1. The summed E-state index contributed by atoms with van der Waals surface area (Å²) in [7, 11) is 1.61. The van der Waals surface area contributed by atoms with Gasteiger partial charge in [0.15, 0.2) is 0 Å². The molecule has 0 radical (unpaired) electrons. The maximum Gasteiger partial charge on any atom is 0.573 e. The zero-order chi connectivity index (χ0) is 29.9. The Morgan fingerprint density at radius 3 is 2.44 bits per heavy atom. The molecule has 2 bridgehead atoms. The molecule has 43 heavy (non-hydrogen) atoms. The number of piperidine rings is 1. The molecule has 8 rings (SSSR count). The molecular formula is C31H29F3N4O5. The lowest BCUT2D eigenvalue weighted by Gasteiger charge is -2.56. The van der Waals surface area contributed by atoms with Crippen molar-refractivity contribution in [3.8, 4) is 28.3 Å². The van der Waals surface area contributed by atoms with Crippen molar-refractivity contribution in [2.24, 2.45) is 7.05 Å². The minimum atomic E-state index is -4.83. The molecule has 2 aromatic heterocycles. The van der Waals surface area contributed by atoms with Crippen LogP contribution in [0.2, 0.25) is 0 Å². The molecule has 0 amide bonds. The summed E-state index contributed by atoms with van der Waals surface area (Å²) in [5.74, 6) is -0.455. The van der Waals surface area contributed by atoms with Gasteiger partial charge in [-0.1, -0.05) is 29.4 Å². The smallest absolute Gasteiger partial charge is 0.477 e. The Morgan fingerprint density at radius 2 is 1.79 bits per heavy atom. The van der Waals surface area contributed by atoms with E-state index >= 15 is 0 Å². The van der Waals surface area contributed by atoms with Crippen LogP contribution in [0, 0.1) is 0 Å². The van der Waals surface area contributed by atoms with Crippen molar-refractivity contribution >= 4 is 11.7 Å². The van der Waals surface area contributed by atoms with Gasteiger partial charge < -0.3 is 24.0 Å². The summed E-state index contributed by atoms with van der Waals surface area (Å²) >= 11 is 0. The van der Waals surface area contributed by atoms with Crippen LogP contribution in [0.25, 0.3) is 22.5 Å². The van der Waals surface area contributed by atoms with E-state index in [0.717, 1.165) is 43.4 Å². The monoisotopic (exact) mass is 594 g/mol. The fraction of sp³-hybridized carbons (Fsp3) is 0.387. The average molecular weight is 595 g/mol. The SMILES string of the molecule is Cn1nc(-c2ccc(N3C4CC(OCc5c(-c6ccccc6OC(F)(F)F)noc5C5CC5)C[C@H]3C4)cc2)cc1C(=O)O. The van der Waals surface area contributed by atoms with Gasteiger partial charge in [0, 0.05) is 47.4 Å². The highest BCUT2D eigenvalue weighted by molar-refractivity contribution is 5.87. The lowest BCUT2D eigenvalue weighted by Crippen LogP contribution is -2.62. The van der Waals surface area contributed by atoms with Gasteiger partial charge in [0.05, 0.1) is 18.4 Å². The fourth-order valence-electron chi connectivity index (χ4n) is 6.41. The molecule has 4 fully saturated rings. The number of anilines is 1. The number of rotatable bonds is 9. The van der Waals surface area contributed by atoms with E-state index in [1.165, 1.54) is 16.8 Å². The predicted molar refractivity (Wildman–Crippen MR) is 149 cm³/mol. The van der Waals surface area contributed by atoms with Crippen LogP contribution < -0.4 is 9.64 Å². The number of alkyl halides is 3. The number of fused-ring (bicyclic) bond motifs is 2. The van der Waals surface area contributed by atoms with Crippen LogP contribution in [0.3, 0.4) is 0 Å². The van der Waals surface area contributed by atoms with Crippen LogP contribution in [0.1, 0.15) is 59.8 Å². The van der Waals surface area contributed by atoms with E-state index in [4.69, 9.17) is 9.26 Å². The van der Waals surface area contributed by atoms with Crippen molar-refractivity contribution in [3.63, 3.8) is 0 Å². The van der Waals surface area contributed by atoms with Gasteiger partial charge in [0.1, 0.15) is 22.9 Å². The van der Waals surface area contributed by atoms with E-state index in [9.17, 15) is 23.1 Å². The molecule has 3 atom stereocenters. The molecule has 2 aliphatic carbocycles. The summed E-state index contributed by atoms with van der Waals surface area (Å²) in [6.07, 6.45) is -0.208.